The van der Waals surface area contributed by atoms with Crippen LogP contribution in [0.4, 0.5) is 0 Å². The number of carbonyl (C=O) groups excluding carboxylic acids is 1. The van der Waals surface area contributed by atoms with Gasteiger partial charge in [0.2, 0.25) is 0 Å². The van der Waals surface area contributed by atoms with E-state index < -0.39 is 18.3 Å². The normalized spacial score (nSPS) is 35.2. The molecule has 3 nitrogen and oxygen atoms in total. The zero-order chi connectivity index (χ0) is 8.43. The average molecular weight is 143 g/mol. The van der Waals surface area contributed by atoms with E-state index >= 15 is 0 Å². The summed E-state index contributed by atoms with van der Waals surface area (Å²) in [5.41, 5.74) is 0. The van der Waals surface area contributed by atoms with Crippen molar-refractivity contribution >= 4 is 11.8 Å². The van der Waals surface area contributed by atoms with Crippen LogP contribution in [0.3, 0.4) is 0 Å². The van der Waals surface area contributed by atoms with Gasteiger partial charge in [-0.15, -0.1) is 0 Å². The molecule has 1 N–H and O–H groups in total. The summed E-state index contributed by atoms with van der Waals surface area (Å²) in [5, 5.41) is 8.55. The maximum atomic E-state index is 10.8. The molecule has 0 aromatic carbocycles. The Balaban J connectivity index is 2.52. The number of rotatable bonds is 1. The minimum Gasteiger partial charge on any atom is -0.481 e. The van der Waals surface area contributed by atoms with Crippen molar-refractivity contribution in [3.05, 3.63) is 0 Å². The SMILES string of the molecule is [2H]C1CC(C(=O)O)CCC1=O. The Labute approximate surface area is 60.4 Å². The van der Waals surface area contributed by atoms with E-state index in [0.717, 1.165) is 0 Å². The summed E-state index contributed by atoms with van der Waals surface area (Å²) < 4.78 is 7.19. The molecule has 10 heavy (non-hydrogen) atoms. The minimum absolute atomic E-state index is 0.123. The van der Waals surface area contributed by atoms with Crippen LogP contribution >= 0.6 is 0 Å². The van der Waals surface area contributed by atoms with Crippen LogP contribution in [0.25, 0.3) is 0 Å². The molecule has 0 radical (unpaired) electrons. The van der Waals surface area contributed by atoms with Gasteiger partial charge >= 0.3 is 5.97 Å². The molecule has 2 unspecified atom stereocenters. The Hall–Kier alpha value is -0.860. The van der Waals surface area contributed by atoms with Gasteiger partial charge in [-0.25, -0.2) is 0 Å². The standard InChI is InChI=1S/C7H10O3/c8-6-3-1-5(2-4-6)7(9)10/h5H,1-4H2,(H,9,10)/i3D. The zero-order valence-corrected chi connectivity index (χ0v) is 5.54. The van der Waals surface area contributed by atoms with Gasteiger partial charge in [-0.3, -0.25) is 9.59 Å². The summed E-state index contributed by atoms with van der Waals surface area (Å²) in [6, 6.07) is 0. The lowest BCUT2D eigenvalue weighted by molar-refractivity contribution is -0.143. The van der Waals surface area contributed by atoms with E-state index in [0.29, 0.717) is 6.42 Å². The van der Waals surface area contributed by atoms with Gasteiger partial charge in [0, 0.05) is 14.2 Å². The van der Waals surface area contributed by atoms with E-state index in [-0.39, 0.29) is 18.6 Å². The molecule has 1 aliphatic rings. The highest BCUT2D eigenvalue weighted by Crippen LogP contribution is 2.20. The second-order valence-corrected chi connectivity index (χ2v) is 2.48. The van der Waals surface area contributed by atoms with Crippen LogP contribution < -0.4 is 0 Å². The molecule has 1 fully saturated rings. The first-order valence-electron chi connectivity index (χ1n) is 3.86. The summed E-state index contributed by atoms with van der Waals surface area (Å²) in [6.07, 6.45) is 0.0490. The molecule has 2 atom stereocenters. The second-order valence-electron chi connectivity index (χ2n) is 2.48. The van der Waals surface area contributed by atoms with E-state index in [1.807, 2.05) is 0 Å². The molecule has 0 aliphatic heterocycles. The lowest BCUT2D eigenvalue weighted by Crippen LogP contribution is -2.20. The topological polar surface area (TPSA) is 54.4 Å². The first kappa shape index (κ1) is 5.89. The van der Waals surface area contributed by atoms with Gasteiger partial charge in [-0.1, -0.05) is 0 Å². The Morgan fingerprint density at radius 3 is 2.90 bits per heavy atom. The highest BCUT2D eigenvalue weighted by Gasteiger charge is 2.23. The number of hydrogen-bond donors (Lipinski definition) is 1. The van der Waals surface area contributed by atoms with Gasteiger partial charge in [0.15, 0.2) is 0 Å². The van der Waals surface area contributed by atoms with E-state index in [4.69, 9.17) is 6.48 Å². The van der Waals surface area contributed by atoms with Crippen molar-refractivity contribution < 1.29 is 16.1 Å². The predicted molar refractivity (Wildman–Crippen MR) is 34.6 cm³/mol. The molecule has 1 aliphatic carbocycles. The first-order chi connectivity index (χ1) is 5.11. The fourth-order valence-corrected chi connectivity index (χ4v) is 1.03. The van der Waals surface area contributed by atoms with Gasteiger partial charge in [0.1, 0.15) is 5.78 Å². The number of hydrogen-bond acceptors (Lipinski definition) is 2. The molecule has 0 bridgehead atoms. The van der Waals surface area contributed by atoms with Crippen LogP contribution in [0.1, 0.15) is 27.0 Å². The number of Topliss-reactive ketones (excluding diaryl/α,β-unsaturated/α-hetero) is 1. The molecule has 0 amide bonds. The van der Waals surface area contributed by atoms with Crippen molar-refractivity contribution in [3.63, 3.8) is 0 Å². The van der Waals surface area contributed by atoms with Crippen LogP contribution in [0.5, 0.6) is 0 Å². The summed E-state index contributed by atoms with van der Waals surface area (Å²) in [7, 11) is 0. The highest BCUT2D eigenvalue weighted by molar-refractivity contribution is 5.81. The fourth-order valence-electron chi connectivity index (χ4n) is 1.03. The predicted octanol–water partition coefficient (Wildman–Crippen LogP) is 0.830. The second kappa shape index (κ2) is 2.82. The van der Waals surface area contributed by atoms with Crippen LogP contribution in [0.15, 0.2) is 0 Å². The third-order valence-electron chi connectivity index (χ3n) is 1.72. The average Bonchev–Trinajstić information content (AvgIpc) is 1.94. The largest absolute Gasteiger partial charge is 0.481 e. The van der Waals surface area contributed by atoms with Crippen LogP contribution in [-0.4, -0.2) is 16.9 Å². The van der Waals surface area contributed by atoms with Crippen LogP contribution in [-0.2, 0) is 9.59 Å². The quantitative estimate of drug-likeness (QED) is 0.591. The van der Waals surface area contributed by atoms with Crippen molar-refractivity contribution in [3.8, 4) is 0 Å². The first-order valence-corrected chi connectivity index (χ1v) is 3.29. The van der Waals surface area contributed by atoms with Crippen molar-refractivity contribution in [2.24, 2.45) is 5.92 Å². The van der Waals surface area contributed by atoms with Gasteiger partial charge in [-0.05, 0) is 12.8 Å². The van der Waals surface area contributed by atoms with Crippen molar-refractivity contribution in [2.45, 2.75) is 25.7 Å². The number of ketones is 1. The van der Waals surface area contributed by atoms with E-state index in [2.05, 4.69) is 0 Å². The lowest BCUT2D eigenvalue weighted by atomic mass is 9.89. The molecule has 0 heterocycles. The van der Waals surface area contributed by atoms with Gasteiger partial charge in [0.05, 0.1) is 5.92 Å². The minimum atomic E-state index is -0.880. The number of carboxylic acid groups (broad SMARTS) is 1. The zero-order valence-electron chi connectivity index (χ0n) is 6.54. The third kappa shape index (κ3) is 1.56. The Morgan fingerprint density at radius 1 is 1.70 bits per heavy atom. The summed E-state index contributed by atoms with van der Waals surface area (Å²) in [6.45, 7) is 0. The van der Waals surface area contributed by atoms with Crippen molar-refractivity contribution in [1.29, 1.82) is 0 Å². The van der Waals surface area contributed by atoms with Gasteiger partial charge in [0.25, 0.3) is 0 Å². The summed E-state index contributed by atoms with van der Waals surface area (Å²) in [4.78, 5) is 21.2. The smallest absolute Gasteiger partial charge is 0.306 e. The maximum absolute atomic E-state index is 10.8. The molecular weight excluding hydrogens is 132 g/mol. The summed E-state index contributed by atoms with van der Waals surface area (Å²) >= 11 is 0. The number of carbonyl (C=O) groups is 2. The van der Waals surface area contributed by atoms with Crippen LogP contribution in [0, 0.1) is 5.92 Å². The lowest BCUT2D eigenvalue weighted by Gasteiger charge is -2.15. The number of carboxylic acids is 1. The van der Waals surface area contributed by atoms with E-state index in [9.17, 15) is 9.59 Å². The van der Waals surface area contributed by atoms with Crippen molar-refractivity contribution in [1.82, 2.24) is 0 Å². The molecule has 0 aromatic heterocycles. The van der Waals surface area contributed by atoms with Crippen LogP contribution in [0.2, 0.25) is 0 Å². The third-order valence-corrected chi connectivity index (χ3v) is 1.72. The Kier molecular flexibility index (Phi) is 1.66. The highest BCUT2D eigenvalue weighted by atomic mass is 16.4. The molecule has 0 saturated heterocycles. The maximum Gasteiger partial charge on any atom is 0.306 e. The molecule has 1 saturated carbocycles. The van der Waals surface area contributed by atoms with Gasteiger partial charge in [-0.2, -0.15) is 0 Å². The summed E-state index contributed by atoms with van der Waals surface area (Å²) in [5.74, 6) is -1.48. The van der Waals surface area contributed by atoms with Gasteiger partial charge < -0.3 is 5.11 Å². The van der Waals surface area contributed by atoms with Crippen molar-refractivity contribution in [2.75, 3.05) is 0 Å². The fraction of sp³-hybridized carbons (Fsp3) is 0.714. The molecular formula is C7H10O3. The molecule has 1 rings (SSSR count). The Bertz CT molecular complexity index is 190. The van der Waals surface area contributed by atoms with E-state index in [1.54, 1.807) is 0 Å². The number of aliphatic carboxylic acids is 1. The molecule has 0 spiro atoms. The molecule has 56 valence electrons. The van der Waals surface area contributed by atoms with E-state index in [1.165, 1.54) is 0 Å². The molecule has 0 aromatic rings. The Morgan fingerprint density at radius 2 is 2.40 bits per heavy atom. The monoisotopic (exact) mass is 143 g/mol. The molecule has 3 heteroatoms.